The van der Waals surface area contributed by atoms with E-state index >= 15 is 0 Å². The molecule has 2 aromatic carbocycles. The molecule has 0 saturated heterocycles. The molecule has 2 rings (SSSR count). The molecular weight excluding hydrogens is 374 g/mol. The third-order valence-corrected chi connectivity index (χ3v) is 3.92. The Morgan fingerprint density at radius 3 is 2.61 bits per heavy atom. The molecule has 28 heavy (non-hydrogen) atoms. The smallest absolute Gasteiger partial charge is 0.251 e. The summed E-state index contributed by atoms with van der Waals surface area (Å²) >= 11 is 5.16. The van der Waals surface area contributed by atoms with Crippen molar-refractivity contribution < 1.29 is 14.3 Å². The summed E-state index contributed by atoms with van der Waals surface area (Å²) in [6, 6.07) is 14.6. The van der Waals surface area contributed by atoms with Gasteiger partial charge < -0.3 is 15.4 Å². The fraction of sp³-hybridized carbons (Fsp3) is 0.190. The molecule has 2 amide bonds. The number of aryl methyl sites for hydroxylation is 1. The Hall–Kier alpha value is -3.03. The number of thiocarbonyl (C=S) groups is 1. The molecule has 0 saturated carbocycles. The molecular formula is C21H23N3O3S. The van der Waals surface area contributed by atoms with Gasteiger partial charge >= 0.3 is 0 Å². The Labute approximate surface area is 170 Å². The first-order chi connectivity index (χ1) is 13.5. The van der Waals surface area contributed by atoms with Crippen LogP contribution < -0.4 is 16.0 Å². The van der Waals surface area contributed by atoms with E-state index in [1.54, 1.807) is 37.5 Å². The van der Waals surface area contributed by atoms with Gasteiger partial charge in [0.25, 0.3) is 5.91 Å². The van der Waals surface area contributed by atoms with Gasteiger partial charge in [-0.2, -0.15) is 0 Å². The zero-order chi connectivity index (χ0) is 20.4. The van der Waals surface area contributed by atoms with Gasteiger partial charge in [0, 0.05) is 31.0 Å². The minimum absolute atomic E-state index is 0.149. The van der Waals surface area contributed by atoms with E-state index in [0.717, 1.165) is 11.1 Å². The fourth-order valence-electron chi connectivity index (χ4n) is 2.27. The van der Waals surface area contributed by atoms with Crippen molar-refractivity contribution in [3.8, 4) is 0 Å². The average molecular weight is 398 g/mol. The first-order valence-corrected chi connectivity index (χ1v) is 9.12. The Morgan fingerprint density at radius 2 is 1.89 bits per heavy atom. The van der Waals surface area contributed by atoms with Crippen LogP contribution in [-0.2, 0) is 9.53 Å². The molecule has 0 aliphatic carbocycles. The third kappa shape index (κ3) is 7.30. The summed E-state index contributed by atoms with van der Waals surface area (Å²) in [7, 11) is 1.57. The lowest BCUT2D eigenvalue weighted by Crippen LogP contribution is -2.33. The third-order valence-electron chi connectivity index (χ3n) is 3.72. The number of benzene rings is 2. The van der Waals surface area contributed by atoms with E-state index in [2.05, 4.69) is 16.0 Å². The van der Waals surface area contributed by atoms with Gasteiger partial charge in [-0.15, -0.1) is 0 Å². The van der Waals surface area contributed by atoms with Crippen molar-refractivity contribution in [3.05, 3.63) is 71.3 Å². The Bertz CT molecular complexity index is 863. The first-order valence-electron chi connectivity index (χ1n) is 8.72. The van der Waals surface area contributed by atoms with E-state index < -0.39 is 0 Å². The summed E-state index contributed by atoms with van der Waals surface area (Å²) in [5, 5.41) is 8.37. The van der Waals surface area contributed by atoms with E-state index in [4.69, 9.17) is 17.0 Å². The van der Waals surface area contributed by atoms with Crippen LogP contribution >= 0.6 is 12.2 Å². The largest absolute Gasteiger partial charge is 0.383 e. The van der Waals surface area contributed by atoms with E-state index in [-0.39, 0.29) is 16.9 Å². The predicted molar refractivity (Wildman–Crippen MR) is 115 cm³/mol. The van der Waals surface area contributed by atoms with Gasteiger partial charge in [0.1, 0.15) is 0 Å². The molecule has 3 N–H and O–H groups in total. The van der Waals surface area contributed by atoms with Crippen LogP contribution in [0.25, 0.3) is 6.08 Å². The number of carbonyl (C=O) groups is 2. The number of anilines is 1. The zero-order valence-corrected chi connectivity index (χ0v) is 16.6. The van der Waals surface area contributed by atoms with Crippen LogP contribution in [0.4, 0.5) is 5.69 Å². The highest BCUT2D eigenvalue weighted by atomic mass is 32.1. The molecule has 0 aliphatic rings. The van der Waals surface area contributed by atoms with E-state index in [1.165, 1.54) is 6.08 Å². The van der Waals surface area contributed by atoms with Gasteiger partial charge in [0.05, 0.1) is 6.61 Å². The average Bonchev–Trinajstić information content (AvgIpc) is 2.67. The molecule has 6 nitrogen and oxygen atoms in total. The molecule has 0 bridgehead atoms. The Morgan fingerprint density at radius 1 is 1.14 bits per heavy atom. The number of amides is 2. The van der Waals surface area contributed by atoms with Crippen LogP contribution in [0.15, 0.2) is 54.6 Å². The van der Waals surface area contributed by atoms with E-state index in [1.807, 2.05) is 31.2 Å². The van der Waals surface area contributed by atoms with Crippen LogP contribution in [-0.4, -0.2) is 37.2 Å². The molecule has 0 aromatic heterocycles. The van der Waals surface area contributed by atoms with Crippen LogP contribution in [0.1, 0.15) is 21.5 Å². The van der Waals surface area contributed by atoms with Crippen molar-refractivity contribution in [2.45, 2.75) is 6.92 Å². The lowest BCUT2D eigenvalue weighted by Gasteiger charge is -2.10. The second kappa shape index (κ2) is 11.0. The number of ether oxygens (including phenoxy) is 1. The number of rotatable bonds is 7. The summed E-state index contributed by atoms with van der Waals surface area (Å²) in [6.07, 6.45) is 3.13. The Balaban J connectivity index is 1.88. The molecule has 2 aromatic rings. The van der Waals surface area contributed by atoms with E-state index in [9.17, 15) is 9.59 Å². The molecule has 0 spiro atoms. The maximum absolute atomic E-state index is 12.1. The quantitative estimate of drug-likeness (QED) is 0.380. The molecule has 0 atom stereocenters. The van der Waals surface area contributed by atoms with Gasteiger partial charge in [0.15, 0.2) is 5.11 Å². The van der Waals surface area contributed by atoms with Gasteiger partial charge in [-0.25, -0.2) is 0 Å². The van der Waals surface area contributed by atoms with Crippen LogP contribution in [0, 0.1) is 6.92 Å². The Kier molecular flexibility index (Phi) is 8.33. The fourth-order valence-corrected chi connectivity index (χ4v) is 2.49. The molecule has 0 radical (unpaired) electrons. The first kappa shape index (κ1) is 21.3. The lowest BCUT2D eigenvalue weighted by atomic mass is 10.1. The minimum atomic E-state index is -0.341. The second-order valence-corrected chi connectivity index (χ2v) is 6.43. The molecule has 0 aliphatic heterocycles. The normalized spacial score (nSPS) is 10.5. The van der Waals surface area contributed by atoms with Crippen molar-refractivity contribution in [1.82, 2.24) is 10.6 Å². The van der Waals surface area contributed by atoms with Gasteiger partial charge in [-0.3, -0.25) is 14.9 Å². The molecule has 0 fully saturated rings. The number of hydrogen-bond acceptors (Lipinski definition) is 4. The van der Waals surface area contributed by atoms with Gasteiger partial charge in [-0.05, 0) is 49.0 Å². The van der Waals surface area contributed by atoms with Crippen LogP contribution in [0.3, 0.4) is 0 Å². The van der Waals surface area contributed by atoms with Crippen molar-refractivity contribution in [2.75, 3.05) is 25.6 Å². The standard InChI is InChI=1S/C21H23N3O3S/c1-15-6-8-16(9-7-15)10-11-19(25)24-21(28)23-18-5-3-4-17(14-18)20(26)22-12-13-27-2/h3-11,14H,12-13H2,1-2H3,(H,22,26)(H2,23,24,25,28)/b11-10+. The topological polar surface area (TPSA) is 79.5 Å². The number of carbonyl (C=O) groups excluding carboxylic acids is 2. The summed E-state index contributed by atoms with van der Waals surface area (Å²) in [5.74, 6) is -0.553. The van der Waals surface area contributed by atoms with Crippen molar-refractivity contribution in [2.24, 2.45) is 0 Å². The van der Waals surface area contributed by atoms with Crippen molar-refractivity contribution in [3.63, 3.8) is 0 Å². The molecule has 0 heterocycles. The summed E-state index contributed by atoms with van der Waals surface area (Å²) in [6.45, 7) is 2.87. The minimum Gasteiger partial charge on any atom is -0.383 e. The van der Waals surface area contributed by atoms with Crippen molar-refractivity contribution >= 4 is 40.9 Å². The lowest BCUT2D eigenvalue weighted by molar-refractivity contribution is -0.115. The zero-order valence-electron chi connectivity index (χ0n) is 15.8. The number of hydrogen-bond donors (Lipinski definition) is 3. The maximum atomic E-state index is 12.1. The summed E-state index contributed by atoms with van der Waals surface area (Å²) in [4.78, 5) is 24.1. The van der Waals surface area contributed by atoms with Gasteiger partial charge in [0.2, 0.25) is 5.91 Å². The monoisotopic (exact) mass is 397 g/mol. The number of nitrogens with one attached hydrogen (secondary N) is 3. The highest BCUT2D eigenvalue weighted by molar-refractivity contribution is 7.80. The molecule has 0 unspecified atom stereocenters. The highest BCUT2D eigenvalue weighted by Crippen LogP contribution is 2.10. The predicted octanol–water partition coefficient (Wildman–Crippen LogP) is 2.90. The number of methoxy groups -OCH3 is 1. The second-order valence-electron chi connectivity index (χ2n) is 6.02. The summed E-state index contributed by atoms with van der Waals surface area (Å²) in [5.41, 5.74) is 3.16. The van der Waals surface area contributed by atoms with Crippen LogP contribution in [0.5, 0.6) is 0 Å². The van der Waals surface area contributed by atoms with E-state index in [0.29, 0.717) is 24.4 Å². The summed E-state index contributed by atoms with van der Waals surface area (Å²) < 4.78 is 4.90. The van der Waals surface area contributed by atoms with Crippen LogP contribution in [0.2, 0.25) is 0 Å². The molecule has 146 valence electrons. The highest BCUT2D eigenvalue weighted by Gasteiger charge is 2.07. The van der Waals surface area contributed by atoms with Crippen molar-refractivity contribution in [1.29, 1.82) is 0 Å². The molecule has 7 heteroatoms. The van der Waals surface area contributed by atoms with Gasteiger partial charge in [-0.1, -0.05) is 35.9 Å². The maximum Gasteiger partial charge on any atom is 0.251 e. The SMILES string of the molecule is COCCNC(=O)c1cccc(NC(=S)NC(=O)/C=C/c2ccc(C)cc2)c1.